The van der Waals surface area contributed by atoms with Crippen LogP contribution in [0.25, 0.3) is 34.2 Å². The fourth-order valence-electron chi connectivity index (χ4n) is 4.65. The van der Waals surface area contributed by atoms with E-state index < -0.39 is 0 Å². The van der Waals surface area contributed by atoms with Crippen molar-refractivity contribution in [2.45, 2.75) is 33.4 Å². The summed E-state index contributed by atoms with van der Waals surface area (Å²) in [5.74, 6) is 0.427. The second-order valence-corrected chi connectivity index (χ2v) is 10.3. The van der Waals surface area contributed by atoms with Crippen LogP contribution >= 0.6 is 0 Å². The third-order valence-corrected chi connectivity index (χ3v) is 6.83. The number of aliphatic hydroxyl groups is 1. The van der Waals surface area contributed by atoms with E-state index in [1.54, 1.807) is 12.1 Å². The number of nitrogens with zero attached hydrogens (tertiary/aromatic N) is 6. The van der Waals surface area contributed by atoms with Gasteiger partial charge in [0.2, 0.25) is 5.88 Å². The van der Waals surface area contributed by atoms with Gasteiger partial charge in [0, 0.05) is 11.8 Å². The monoisotopic (exact) mass is 612 g/mol. The van der Waals surface area contributed by atoms with Crippen LogP contribution in [-0.2, 0) is 35.9 Å². The van der Waals surface area contributed by atoms with Crippen molar-refractivity contribution < 1.29 is 19.3 Å². The molecule has 0 spiro atoms. The molecule has 6 aromatic heterocycles. The summed E-state index contributed by atoms with van der Waals surface area (Å²) in [6, 6.07) is 34.1. The average molecular weight is 613 g/mol. The zero-order valence-electron chi connectivity index (χ0n) is 25.3. The van der Waals surface area contributed by atoms with Crippen LogP contribution < -0.4 is 4.74 Å². The Balaban J connectivity index is 1.01. The van der Waals surface area contributed by atoms with Crippen LogP contribution in [-0.4, -0.2) is 41.8 Å². The molecule has 230 valence electrons. The maximum atomic E-state index is 9.39. The summed E-state index contributed by atoms with van der Waals surface area (Å²) >= 11 is 0. The second kappa shape index (κ2) is 15.0. The Morgan fingerprint density at radius 2 is 0.870 bits per heavy atom. The minimum absolute atomic E-state index is 0.0184. The molecule has 10 nitrogen and oxygen atoms in total. The Bertz CT molecular complexity index is 1920. The molecule has 6 rings (SSSR count). The van der Waals surface area contributed by atoms with Gasteiger partial charge in [0.15, 0.2) is 6.79 Å². The van der Waals surface area contributed by atoms with Gasteiger partial charge in [-0.1, -0.05) is 36.4 Å². The standard InChI is InChI=1S/C36H32N6O4/c1-25-8-2-13-30(37-25)31-15-6-12-29(41-31)23-45-24-46-36-19-7-18-35(42-36)34-17-5-11-28(40-34)22-44-21-27-10-4-16-33(39-27)32-14-3-9-26(20-43)38-32/h2-19,43H,20-24H2,1H3. The molecule has 0 saturated carbocycles. The number of aliphatic hydroxyl groups excluding tert-OH is 1. The van der Waals surface area contributed by atoms with Gasteiger partial charge in [-0.2, -0.15) is 0 Å². The minimum atomic E-state index is -0.120. The third kappa shape index (κ3) is 8.19. The quantitative estimate of drug-likeness (QED) is 0.120. The van der Waals surface area contributed by atoms with Gasteiger partial charge in [-0.15, -0.1) is 0 Å². The van der Waals surface area contributed by atoms with E-state index in [1.807, 2.05) is 104 Å². The molecule has 1 N–H and O–H groups in total. The van der Waals surface area contributed by atoms with Gasteiger partial charge in [0.1, 0.15) is 0 Å². The molecule has 0 aromatic carbocycles. The summed E-state index contributed by atoms with van der Waals surface area (Å²) < 4.78 is 17.4. The summed E-state index contributed by atoms with van der Waals surface area (Å²) in [6.45, 7) is 2.76. The molecule has 0 unspecified atom stereocenters. The lowest BCUT2D eigenvalue weighted by molar-refractivity contribution is 0.00132. The van der Waals surface area contributed by atoms with E-state index in [4.69, 9.17) is 19.2 Å². The summed E-state index contributed by atoms with van der Waals surface area (Å²) in [6.07, 6.45) is 0. The first-order valence-electron chi connectivity index (χ1n) is 14.8. The van der Waals surface area contributed by atoms with Crippen molar-refractivity contribution in [2.75, 3.05) is 6.79 Å². The number of aromatic nitrogens is 6. The van der Waals surface area contributed by atoms with Crippen LogP contribution in [0, 0.1) is 6.92 Å². The molecule has 6 aromatic rings. The predicted octanol–water partition coefficient (Wildman–Crippen LogP) is 6.13. The Morgan fingerprint density at radius 3 is 1.39 bits per heavy atom. The van der Waals surface area contributed by atoms with E-state index >= 15 is 0 Å². The summed E-state index contributed by atoms with van der Waals surface area (Å²) in [5, 5.41) is 9.39. The van der Waals surface area contributed by atoms with Crippen LogP contribution in [0.1, 0.15) is 28.5 Å². The lowest BCUT2D eigenvalue weighted by Gasteiger charge is -2.09. The molecule has 0 amide bonds. The molecule has 0 saturated heterocycles. The Labute approximate surface area is 266 Å². The number of hydrogen-bond donors (Lipinski definition) is 1. The molecule has 0 aliphatic rings. The Hall–Kier alpha value is -5.42. The van der Waals surface area contributed by atoms with Crippen molar-refractivity contribution in [1.29, 1.82) is 0 Å². The summed E-state index contributed by atoms with van der Waals surface area (Å²) in [5.41, 5.74) is 8.26. The van der Waals surface area contributed by atoms with Crippen molar-refractivity contribution in [3.8, 4) is 40.0 Å². The zero-order valence-corrected chi connectivity index (χ0v) is 25.3. The van der Waals surface area contributed by atoms with Gasteiger partial charge in [-0.25, -0.2) is 24.9 Å². The van der Waals surface area contributed by atoms with E-state index in [1.165, 1.54) is 0 Å². The predicted molar refractivity (Wildman–Crippen MR) is 172 cm³/mol. The van der Waals surface area contributed by atoms with E-state index in [9.17, 15) is 5.11 Å². The lowest BCUT2D eigenvalue weighted by Crippen LogP contribution is -2.06. The fourth-order valence-corrected chi connectivity index (χ4v) is 4.65. The smallest absolute Gasteiger partial charge is 0.216 e. The van der Waals surface area contributed by atoms with Crippen LogP contribution in [0.2, 0.25) is 0 Å². The van der Waals surface area contributed by atoms with Crippen LogP contribution in [0.5, 0.6) is 5.88 Å². The molecule has 0 atom stereocenters. The van der Waals surface area contributed by atoms with Crippen molar-refractivity contribution >= 4 is 0 Å². The summed E-state index contributed by atoms with van der Waals surface area (Å²) in [7, 11) is 0. The Kier molecular flexibility index (Phi) is 10.0. The maximum absolute atomic E-state index is 9.39. The first kappa shape index (κ1) is 30.6. The largest absolute Gasteiger partial charge is 0.451 e. The van der Waals surface area contributed by atoms with Crippen LogP contribution in [0.4, 0.5) is 0 Å². The average Bonchev–Trinajstić information content (AvgIpc) is 3.11. The lowest BCUT2D eigenvalue weighted by atomic mass is 10.2. The van der Waals surface area contributed by atoms with Gasteiger partial charge in [0.05, 0.1) is 83.4 Å². The van der Waals surface area contributed by atoms with Crippen molar-refractivity contribution in [1.82, 2.24) is 29.9 Å². The molecule has 0 aliphatic carbocycles. The molecule has 0 fully saturated rings. The van der Waals surface area contributed by atoms with Crippen molar-refractivity contribution in [2.24, 2.45) is 0 Å². The van der Waals surface area contributed by atoms with Gasteiger partial charge >= 0.3 is 0 Å². The molecule has 6 heterocycles. The molecule has 0 radical (unpaired) electrons. The van der Waals surface area contributed by atoms with E-state index in [0.717, 1.165) is 39.9 Å². The third-order valence-electron chi connectivity index (χ3n) is 6.83. The number of ether oxygens (including phenoxy) is 3. The zero-order chi connectivity index (χ0) is 31.6. The summed E-state index contributed by atoms with van der Waals surface area (Å²) in [4.78, 5) is 27.6. The topological polar surface area (TPSA) is 125 Å². The number of hydrogen-bond acceptors (Lipinski definition) is 10. The molecule has 10 heteroatoms. The van der Waals surface area contributed by atoms with Crippen molar-refractivity contribution in [3.05, 3.63) is 138 Å². The van der Waals surface area contributed by atoms with Gasteiger partial charge in [-0.3, -0.25) is 4.98 Å². The van der Waals surface area contributed by atoms with E-state index in [-0.39, 0.29) is 20.0 Å². The Morgan fingerprint density at radius 1 is 0.457 bits per heavy atom. The minimum Gasteiger partial charge on any atom is -0.451 e. The highest BCUT2D eigenvalue weighted by Gasteiger charge is 2.08. The van der Waals surface area contributed by atoms with Gasteiger partial charge in [0.25, 0.3) is 0 Å². The van der Waals surface area contributed by atoms with E-state index in [0.29, 0.717) is 41.9 Å². The fraction of sp³-hybridized carbons (Fsp3) is 0.167. The van der Waals surface area contributed by atoms with Gasteiger partial charge in [-0.05, 0) is 73.7 Å². The molecule has 46 heavy (non-hydrogen) atoms. The molecular formula is C36H32N6O4. The van der Waals surface area contributed by atoms with E-state index in [2.05, 4.69) is 24.9 Å². The highest BCUT2D eigenvalue weighted by atomic mass is 16.7. The second-order valence-electron chi connectivity index (χ2n) is 10.3. The first-order valence-corrected chi connectivity index (χ1v) is 14.8. The maximum Gasteiger partial charge on any atom is 0.216 e. The van der Waals surface area contributed by atoms with Crippen LogP contribution in [0.3, 0.4) is 0 Å². The van der Waals surface area contributed by atoms with Crippen molar-refractivity contribution in [3.63, 3.8) is 0 Å². The number of aryl methyl sites for hydroxylation is 1. The SMILES string of the molecule is Cc1cccc(-c2cccc(COCOc3cccc(-c4cccc(COCc5cccc(-c6cccc(CO)n6)n5)n4)n3)n2)n1. The molecule has 0 bridgehead atoms. The first-order chi connectivity index (χ1) is 22.6. The normalized spacial score (nSPS) is 11.0. The highest BCUT2D eigenvalue weighted by Crippen LogP contribution is 2.20. The number of rotatable bonds is 13. The van der Waals surface area contributed by atoms with Gasteiger partial charge < -0.3 is 19.3 Å². The highest BCUT2D eigenvalue weighted by molar-refractivity contribution is 5.56. The van der Waals surface area contributed by atoms with Crippen LogP contribution in [0.15, 0.2) is 109 Å². The molecular weight excluding hydrogens is 580 g/mol. The molecule has 0 aliphatic heterocycles. The number of pyridine rings is 6.